The molecule has 2 heterocycles. The van der Waals surface area contributed by atoms with Crippen LogP contribution in [0.15, 0.2) is 36.4 Å². The second-order valence-electron chi connectivity index (χ2n) is 9.51. The van der Waals surface area contributed by atoms with Gasteiger partial charge in [0.25, 0.3) is 0 Å². The molecule has 1 aromatic heterocycles. The Labute approximate surface area is 194 Å². The second-order valence-corrected chi connectivity index (χ2v) is 9.51. The van der Waals surface area contributed by atoms with Gasteiger partial charge in [-0.2, -0.15) is 5.10 Å². The highest BCUT2D eigenvalue weighted by atomic mass is 16.6. The quantitative estimate of drug-likeness (QED) is 0.588. The number of aryl methyl sites for hydroxylation is 1. The normalized spacial score (nSPS) is 19.2. The van der Waals surface area contributed by atoms with Crippen LogP contribution in [0.3, 0.4) is 0 Å². The maximum absolute atomic E-state index is 13.1. The Kier molecular flexibility index (Phi) is 7.40. The number of nitrogens with two attached hydrogens (primary N) is 1. The van der Waals surface area contributed by atoms with Gasteiger partial charge in [-0.15, -0.1) is 0 Å². The molecule has 1 aromatic carbocycles. The average molecular weight is 456 g/mol. The number of carbonyl (C=O) groups excluding carboxylic acids is 3. The highest BCUT2D eigenvalue weighted by Gasteiger charge is 2.42. The summed E-state index contributed by atoms with van der Waals surface area (Å²) in [5, 5.41) is 9.41. The summed E-state index contributed by atoms with van der Waals surface area (Å²) < 4.78 is 5.55. The number of rotatable bonds is 7. The number of nitrogens with one attached hydrogen (secondary N) is 2. The van der Waals surface area contributed by atoms with Gasteiger partial charge in [-0.05, 0) is 46.1 Å². The van der Waals surface area contributed by atoms with Crippen LogP contribution in [0.5, 0.6) is 0 Å². The van der Waals surface area contributed by atoms with Crippen molar-refractivity contribution in [2.24, 2.45) is 0 Å². The molecule has 2 aromatic rings. The molecule has 0 bridgehead atoms. The zero-order valence-corrected chi connectivity index (χ0v) is 19.6. The van der Waals surface area contributed by atoms with E-state index in [0.717, 1.165) is 11.3 Å². The molecule has 9 nitrogen and oxygen atoms in total. The summed E-state index contributed by atoms with van der Waals surface area (Å²) in [7, 11) is 0. The first-order chi connectivity index (χ1) is 15.5. The van der Waals surface area contributed by atoms with Gasteiger partial charge in [0.1, 0.15) is 17.5 Å². The van der Waals surface area contributed by atoms with E-state index in [4.69, 9.17) is 10.5 Å². The number of hydrogen-bond acceptors (Lipinski definition) is 6. The number of ether oxygens (including phenoxy) is 1. The minimum absolute atomic E-state index is 0.00585. The van der Waals surface area contributed by atoms with Gasteiger partial charge in [0.15, 0.2) is 5.78 Å². The molecule has 1 fully saturated rings. The van der Waals surface area contributed by atoms with Crippen LogP contribution in [0.2, 0.25) is 0 Å². The number of likely N-dealkylation sites (tertiary alicyclic amines) is 1. The molecule has 0 aliphatic carbocycles. The fourth-order valence-corrected chi connectivity index (χ4v) is 3.95. The number of ketones is 1. The minimum Gasteiger partial charge on any atom is -0.444 e. The number of nitrogens with zero attached hydrogens (tertiary/aromatic N) is 2. The number of aromatic nitrogens is 2. The smallest absolute Gasteiger partial charge is 0.410 e. The van der Waals surface area contributed by atoms with E-state index >= 15 is 0 Å². The van der Waals surface area contributed by atoms with Crippen LogP contribution in [-0.2, 0) is 20.7 Å². The number of hydrogen-bond donors (Lipinski definition) is 3. The minimum atomic E-state index is -0.715. The SMILES string of the molecule is C[C@H](NC(=O)[C@H]1C[C@H](c2ccccc2)CN1C(=O)OC(C)(C)C)C(=O)CCc1cc(N)n[nH]1. The Balaban J connectivity index is 1.66. The molecule has 9 heteroatoms. The van der Waals surface area contributed by atoms with Crippen LogP contribution in [0.25, 0.3) is 0 Å². The molecule has 2 amide bonds. The van der Waals surface area contributed by atoms with Crippen molar-refractivity contribution in [3.05, 3.63) is 47.7 Å². The maximum Gasteiger partial charge on any atom is 0.410 e. The summed E-state index contributed by atoms with van der Waals surface area (Å²) in [6.45, 7) is 7.40. The molecule has 1 saturated heterocycles. The van der Waals surface area contributed by atoms with Crippen LogP contribution in [0, 0.1) is 0 Å². The molecule has 4 N–H and O–H groups in total. The topological polar surface area (TPSA) is 130 Å². The molecule has 3 atom stereocenters. The Morgan fingerprint density at radius 1 is 1.27 bits per heavy atom. The molecule has 1 aliphatic rings. The van der Waals surface area contributed by atoms with Gasteiger partial charge in [0.2, 0.25) is 5.91 Å². The molecule has 3 rings (SSSR count). The lowest BCUT2D eigenvalue weighted by atomic mass is 9.96. The van der Waals surface area contributed by atoms with Crippen molar-refractivity contribution in [3.63, 3.8) is 0 Å². The number of nitrogen functional groups attached to an aromatic ring is 1. The lowest BCUT2D eigenvalue weighted by Crippen LogP contribution is -2.50. The van der Waals surface area contributed by atoms with Crippen molar-refractivity contribution in [2.75, 3.05) is 12.3 Å². The van der Waals surface area contributed by atoms with Gasteiger partial charge < -0.3 is 15.8 Å². The van der Waals surface area contributed by atoms with Gasteiger partial charge in [-0.3, -0.25) is 19.6 Å². The largest absolute Gasteiger partial charge is 0.444 e. The van der Waals surface area contributed by atoms with Gasteiger partial charge in [0.05, 0.1) is 6.04 Å². The average Bonchev–Trinajstić information content (AvgIpc) is 3.38. The van der Waals surface area contributed by atoms with Crippen LogP contribution in [0.4, 0.5) is 10.6 Å². The van der Waals surface area contributed by atoms with Crippen molar-refractivity contribution in [1.82, 2.24) is 20.4 Å². The summed E-state index contributed by atoms with van der Waals surface area (Å²) in [6, 6.07) is 10.1. The van der Waals surface area contributed by atoms with E-state index in [-0.39, 0.29) is 24.0 Å². The predicted molar refractivity (Wildman–Crippen MR) is 124 cm³/mol. The highest BCUT2D eigenvalue weighted by Crippen LogP contribution is 2.33. The van der Waals surface area contributed by atoms with E-state index < -0.39 is 23.8 Å². The first-order valence-corrected chi connectivity index (χ1v) is 11.2. The lowest BCUT2D eigenvalue weighted by molar-refractivity contribution is -0.130. The van der Waals surface area contributed by atoms with Gasteiger partial charge in [-0.25, -0.2) is 4.79 Å². The van der Waals surface area contributed by atoms with Crippen molar-refractivity contribution in [2.45, 2.75) is 70.6 Å². The Morgan fingerprint density at radius 3 is 2.58 bits per heavy atom. The summed E-state index contributed by atoms with van der Waals surface area (Å²) in [5.74, 6) is -0.0922. The summed E-state index contributed by atoms with van der Waals surface area (Å²) in [5.41, 5.74) is 6.72. The lowest BCUT2D eigenvalue weighted by Gasteiger charge is -2.28. The Morgan fingerprint density at radius 2 is 1.97 bits per heavy atom. The monoisotopic (exact) mass is 455 g/mol. The number of H-pyrrole nitrogens is 1. The van der Waals surface area contributed by atoms with E-state index in [2.05, 4.69) is 15.5 Å². The number of benzene rings is 1. The molecular weight excluding hydrogens is 422 g/mol. The van der Waals surface area contributed by atoms with E-state index in [1.54, 1.807) is 33.8 Å². The molecule has 0 radical (unpaired) electrons. The van der Waals surface area contributed by atoms with Crippen LogP contribution < -0.4 is 11.1 Å². The summed E-state index contributed by atoms with van der Waals surface area (Å²) >= 11 is 0. The Hall–Kier alpha value is -3.36. The molecule has 1 aliphatic heterocycles. The third kappa shape index (κ3) is 6.57. The van der Waals surface area contributed by atoms with E-state index in [9.17, 15) is 14.4 Å². The zero-order chi connectivity index (χ0) is 24.2. The second kappa shape index (κ2) is 10.1. The number of carbonyl (C=O) groups is 3. The van der Waals surface area contributed by atoms with Crippen LogP contribution >= 0.6 is 0 Å². The van der Waals surface area contributed by atoms with Crippen molar-refractivity contribution in [1.29, 1.82) is 0 Å². The molecule has 178 valence electrons. The van der Waals surface area contributed by atoms with Gasteiger partial charge in [0, 0.05) is 30.6 Å². The molecular formula is C24H33N5O4. The molecule has 0 saturated carbocycles. The summed E-state index contributed by atoms with van der Waals surface area (Å²) in [6.07, 6.45) is 0.615. The predicted octanol–water partition coefficient (Wildman–Crippen LogP) is 2.79. The van der Waals surface area contributed by atoms with Crippen molar-refractivity contribution >= 4 is 23.6 Å². The van der Waals surface area contributed by atoms with Crippen molar-refractivity contribution < 1.29 is 19.1 Å². The van der Waals surface area contributed by atoms with Gasteiger partial charge in [-0.1, -0.05) is 30.3 Å². The van der Waals surface area contributed by atoms with Crippen LogP contribution in [0.1, 0.15) is 57.7 Å². The zero-order valence-electron chi connectivity index (χ0n) is 19.6. The first-order valence-electron chi connectivity index (χ1n) is 11.2. The first kappa shape index (κ1) is 24.3. The third-order valence-electron chi connectivity index (χ3n) is 5.64. The van der Waals surface area contributed by atoms with E-state index in [1.165, 1.54) is 4.90 Å². The Bertz CT molecular complexity index is 982. The number of aromatic amines is 1. The molecule has 0 spiro atoms. The number of anilines is 1. The highest BCUT2D eigenvalue weighted by molar-refractivity contribution is 5.92. The fourth-order valence-electron chi connectivity index (χ4n) is 3.95. The van der Waals surface area contributed by atoms with E-state index in [1.807, 2.05) is 30.3 Å². The molecule has 0 unspecified atom stereocenters. The van der Waals surface area contributed by atoms with Crippen molar-refractivity contribution in [3.8, 4) is 0 Å². The van der Waals surface area contributed by atoms with Crippen LogP contribution in [-0.4, -0.2) is 57.1 Å². The standard InChI is InChI=1S/C24H33N5O4/c1-15(20(30)11-10-18-13-21(25)28-27-18)26-22(31)19-12-17(16-8-6-5-7-9-16)14-29(19)23(32)33-24(2,3)4/h5-9,13,15,17,19H,10-12,14H2,1-4H3,(H,26,31)(H3,25,27,28)/t15-,17-,19+/m0/s1. The fraction of sp³-hybridized carbons (Fsp3) is 0.500. The number of amides is 2. The van der Waals surface area contributed by atoms with E-state index in [0.29, 0.717) is 25.2 Å². The number of Topliss-reactive ketones (excluding diaryl/α,β-unsaturated/α-hetero) is 1. The maximum atomic E-state index is 13.1. The third-order valence-corrected chi connectivity index (χ3v) is 5.64. The summed E-state index contributed by atoms with van der Waals surface area (Å²) in [4.78, 5) is 40.1. The molecule has 33 heavy (non-hydrogen) atoms. The van der Waals surface area contributed by atoms with Gasteiger partial charge >= 0.3 is 6.09 Å².